The molecule has 1 aliphatic carbocycles. The summed E-state index contributed by atoms with van der Waals surface area (Å²) in [6, 6.07) is 4.47. The largest absolute Gasteiger partial charge is 0.490 e. The molecule has 0 spiro atoms. The van der Waals surface area contributed by atoms with E-state index in [0.717, 1.165) is 19.3 Å². The van der Waals surface area contributed by atoms with Crippen LogP contribution in [0.25, 0.3) is 10.4 Å². The van der Waals surface area contributed by atoms with E-state index in [9.17, 15) is 4.39 Å². The van der Waals surface area contributed by atoms with Gasteiger partial charge in [0.2, 0.25) is 0 Å². The molecule has 6 heteroatoms. The van der Waals surface area contributed by atoms with Crippen molar-refractivity contribution in [3.05, 3.63) is 38.9 Å². The number of ether oxygens (including phenoxy) is 1. The van der Waals surface area contributed by atoms with E-state index in [0.29, 0.717) is 10.2 Å². The molecule has 90 valence electrons. The standard InChI is InChI=1S/C11H11BrFN3O/c12-8-5-4-7(6-9(8)13)17-11-3-1-2-10(11)15-16-14/h4-6,10-11H,1-3H2. The average Bonchev–Trinajstić information content (AvgIpc) is 2.72. The van der Waals surface area contributed by atoms with Crippen molar-refractivity contribution in [2.45, 2.75) is 31.4 Å². The second kappa shape index (κ2) is 5.38. The summed E-state index contributed by atoms with van der Waals surface area (Å²) in [5.74, 6) is 0.108. The lowest BCUT2D eigenvalue weighted by Gasteiger charge is -2.17. The van der Waals surface area contributed by atoms with E-state index < -0.39 is 0 Å². The number of halogens is 2. The highest BCUT2D eigenvalue weighted by molar-refractivity contribution is 9.10. The van der Waals surface area contributed by atoms with Gasteiger partial charge in [-0.1, -0.05) is 5.11 Å². The first-order valence-corrected chi connectivity index (χ1v) is 6.16. The predicted octanol–water partition coefficient (Wildman–Crippen LogP) is 4.20. The van der Waals surface area contributed by atoms with Crippen molar-refractivity contribution in [3.63, 3.8) is 0 Å². The van der Waals surface area contributed by atoms with Crippen molar-refractivity contribution in [2.75, 3.05) is 0 Å². The number of azide groups is 1. The van der Waals surface area contributed by atoms with Crippen molar-refractivity contribution < 1.29 is 9.13 Å². The van der Waals surface area contributed by atoms with Gasteiger partial charge in [0.05, 0.1) is 10.5 Å². The highest BCUT2D eigenvalue weighted by Gasteiger charge is 2.28. The molecule has 0 N–H and O–H groups in total. The second-order valence-corrected chi connectivity index (χ2v) is 4.79. The third-order valence-electron chi connectivity index (χ3n) is 2.80. The van der Waals surface area contributed by atoms with Gasteiger partial charge in [-0.15, -0.1) is 0 Å². The Kier molecular flexibility index (Phi) is 3.86. The van der Waals surface area contributed by atoms with Crippen LogP contribution in [0.2, 0.25) is 0 Å². The molecule has 2 unspecified atom stereocenters. The minimum Gasteiger partial charge on any atom is -0.490 e. The van der Waals surface area contributed by atoms with E-state index in [1.54, 1.807) is 12.1 Å². The van der Waals surface area contributed by atoms with Crippen LogP contribution in [0.1, 0.15) is 19.3 Å². The van der Waals surface area contributed by atoms with Crippen LogP contribution in [0.5, 0.6) is 5.75 Å². The summed E-state index contributed by atoms with van der Waals surface area (Å²) >= 11 is 3.08. The van der Waals surface area contributed by atoms with Crippen molar-refractivity contribution in [3.8, 4) is 5.75 Å². The van der Waals surface area contributed by atoms with E-state index in [-0.39, 0.29) is 18.0 Å². The first kappa shape index (κ1) is 12.2. The first-order valence-electron chi connectivity index (χ1n) is 5.36. The predicted molar refractivity (Wildman–Crippen MR) is 65.3 cm³/mol. The summed E-state index contributed by atoms with van der Waals surface area (Å²) in [5, 5.41) is 3.69. The molecular weight excluding hydrogens is 289 g/mol. The number of hydrogen-bond acceptors (Lipinski definition) is 2. The van der Waals surface area contributed by atoms with Crippen LogP contribution >= 0.6 is 15.9 Å². The van der Waals surface area contributed by atoms with Crippen LogP contribution in [0.3, 0.4) is 0 Å². The SMILES string of the molecule is [N-]=[N+]=NC1CCCC1Oc1ccc(Br)c(F)c1. The van der Waals surface area contributed by atoms with Crippen LogP contribution in [0, 0.1) is 5.82 Å². The Balaban J connectivity index is 2.09. The van der Waals surface area contributed by atoms with Gasteiger partial charge in [0.15, 0.2) is 0 Å². The third-order valence-corrected chi connectivity index (χ3v) is 3.44. The zero-order chi connectivity index (χ0) is 12.3. The fraction of sp³-hybridized carbons (Fsp3) is 0.455. The molecule has 0 amide bonds. The highest BCUT2D eigenvalue weighted by atomic mass is 79.9. The van der Waals surface area contributed by atoms with Gasteiger partial charge in [-0.25, -0.2) is 4.39 Å². The number of benzene rings is 1. The molecule has 4 nitrogen and oxygen atoms in total. The molecule has 2 atom stereocenters. The molecule has 1 fully saturated rings. The monoisotopic (exact) mass is 299 g/mol. The summed E-state index contributed by atoms with van der Waals surface area (Å²) in [5.41, 5.74) is 8.43. The molecule has 0 aliphatic heterocycles. The normalized spacial score (nSPS) is 23.2. The van der Waals surface area contributed by atoms with Crippen LogP contribution in [-0.2, 0) is 0 Å². The lowest BCUT2D eigenvalue weighted by molar-refractivity contribution is 0.191. The van der Waals surface area contributed by atoms with E-state index in [4.69, 9.17) is 10.3 Å². The molecule has 0 radical (unpaired) electrons. The fourth-order valence-electron chi connectivity index (χ4n) is 1.97. The molecular formula is C11H11BrFN3O. The van der Waals surface area contributed by atoms with Crippen molar-refractivity contribution in [1.29, 1.82) is 0 Å². The molecule has 0 saturated heterocycles. The quantitative estimate of drug-likeness (QED) is 0.469. The Bertz CT molecular complexity index is 462. The van der Waals surface area contributed by atoms with Crippen LogP contribution in [-0.4, -0.2) is 12.1 Å². The Hall–Kier alpha value is -1.26. The first-order chi connectivity index (χ1) is 8.20. The van der Waals surface area contributed by atoms with Crippen molar-refractivity contribution in [2.24, 2.45) is 5.11 Å². The molecule has 0 heterocycles. The van der Waals surface area contributed by atoms with Gasteiger partial charge >= 0.3 is 0 Å². The molecule has 1 saturated carbocycles. The number of rotatable bonds is 3. The number of nitrogens with zero attached hydrogens (tertiary/aromatic N) is 3. The maximum atomic E-state index is 13.3. The molecule has 0 aromatic heterocycles. The zero-order valence-electron chi connectivity index (χ0n) is 9.01. The van der Waals surface area contributed by atoms with Gasteiger partial charge in [0.25, 0.3) is 0 Å². The summed E-state index contributed by atoms with van der Waals surface area (Å²) in [7, 11) is 0. The van der Waals surface area contributed by atoms with E-state index in [1.807, 2.05) is 0 Å². The van der Waals surface area contributed by atoms with Crippen LogP contribution in [0.4, 0.5) is 4.39 Å². The van der Waals surface area contributed by atoms with Gasteiger partial charge in [-0.3, -0.25) is 0 Å². The summed E-state index contributed by atoms with van der Waals surface area (Å²) < 4.78 is 19.3. The smallest absolute Gasteiger partial charge is 0.141 e. The van der Waals surface area contributed by atoms with E-state index in [2.05, 4.69) is 26.0 Å². The Morgan fingerprint density at radius 1 is 1.47 bits per heavy atom. The summed E-state index contributed by atoms with van der Waals surface area (Å²) in [6.07, 6.45) is 2.48. The Morgan fingerprint density at radius 3 is 3.00 bits per heavy atom. The minimum atomic E-state index is -0.360. The van der Waals surface area contributed by atoms with Crippen molar-refractivity contribution in [1.82, 2.24) is 0 Å². The molecule has 1 aliphatic rings. The Morgan fingerprint density at radius 2 is 2.29 bits per heavy atom. The summed E-state index contributed by atoms with van der Waals surface area (Å²) in [6.45, 7) is 0. The molecule has 2 rings (SSSR count). The van der Waals surface area contributed by atoms with E-state index >= 15 is 0 Å². The highest BCUT2D eigenvalue weighted by Crippen LogP contribution is 2.28. The zero-order valence-corrected chi connectivity index (χ0v) is 10.6. The van der Waals surface area contributed by atoms with Gasteiger partial charge in [0.1, 0.15) is 17.7 Å². The van der Waals surface area contributed by atoms with Crippen molar-refractivity contribution >= 4 is 15.9 Å². The second-order valence-electron chi connectivity index (χ2n) is 3.94. The van der Waals surface area contributed by atoms with Gasteiger partial charge in [-0.05, 0) is 52.9 Å². The average molecular weight is 300 g/mol. The summed E-state index contributed by atoms with van der Waals surface area (Å²) in [4.78, 5) is 2.80. The van der Waals surface area contributed by atoms with Crippen LogP contribution < -0.4 is 4.74 Å². The lowest BCUT2D eigenvalue weighted by atomic mass is 10.2. The molecule has 17 heavy (non-hydrogen) atoms. The van der Waals surface area contributed by atoms with Crippen LogP contribution in [0.15, 0.2) is 27.8 Å². The molecule has 1 aromatic rings. The fourth-order valence-corrected chi connectivity index (χ4v) is 2.21. The Labute approximate surface area is 107 Å². The van der Waals surface area contributed by atoms with Gasteiger partial charge < -0.3 is 4.74 Å². The molecule has 0 bridgehead atoms. The molecule has 1 aromatic carbocycles. The minimum absolute atomic E-state index is 0.147. The van der Waals surface area contributed by atoms with Gasteiger partial charge in [-0.2, -0.15) is 0 Å². The maximum Gasteiger partial charge on any atom is 0.141 e. The third kappa shape index (κ3) is 2.90. The lowest BCUT2D eigenvalue weighted by Crippen LogP contribution is -2.24. The number of hydrogen-bond donors (Lipinski definition) is 0. The van der Waals surface area contributed by atoms with E-state index in [1.165, 1.54) is 6.07 Å². The topological polar surface area (TPSA) is 58.0 Å². The maximum absolute atomic E-state index is 13.3. The van der Waals surface area contributed by atoms with Gasteiger partial charge in [0, 0.05) is 11.0 Å².